The van der Waals surface area contributed by atoms with E-state index in [-0.39, 0.29) is 5.92 Å². The number of piperidine rings is 1. The van der Waals surface area contributed by atoms with Gasteiger partial charge in [-0.3, -0.25) is 9.59 Å². The lowest BCUT2D eigenvalue weighted by Crippen LogP contribution is -2.44. The molecule has 2 aromatic rings. The Morgan fingerprint density at radius 1 is 1.40 bits per heavy atom. The first-order valence-electron chi connectivity index (χ1n) is 6.66. The van der Waals surface area contributed by atoms with Crippen molar-refractivity contribution in [2.75, 3.05) is 6.54 Å². The summed E-state index contributed by atoms with van der Waals surface area (Å²) in [5.74, 6) is -2.75. The average molecular weight is 272 g/mol. The number of carboxylic acids is 1. The number of aliphatic carboxylic acids is 1. The van der Waals surface area contributed by atoms with Crippen molar-refractivity contribution in [1.82, 2.24) is 10.3 Å². The van der Waals surface area contributed by atoms with E-state index in [1.54, 1.807) is 0 Å². The molecular formula is C15H16N2O3. The van der Waals surface area contributed by atoms with Crippen LogP contribution >= 0.6 is 0 Å². The minimum atomic E-state index is -1.06. The second kappa shape index (κ2) is 4.67. The molecule has 1 aromatic carbocycles. The van der Waals surface area contributed by atoms with E-state index in [1.807, 2.05) is 31.3 Å². The Hall–Kier alpha value is -2.30. The topological polar surface area (TPSA) is 82.2 Å². The summed E-state index contributed by atoms with van der Waals surface area (Å²) < 4.78 is 0. The number of rotatable bonds is 2. The molecule has 1 aliphatic heterocycles. The normalized spacial score (nSPS) is 22.8. The van der Waals surface area contributed by atoms with Crippen LogP contribution in [0.2, 0.25) is 0 Å². The van der Waals surface area contributed by atoms with Crippen molar-refractivity contribution in [3.05, 3.63) is 35.5 Å². The monoisotopic (exact) mass is 272 g/mol. The van der Waals surface area contributed by atoms with Gasteiger partial charge in [0.05, 0.1) is 0 Å². The minimum absolute atomic E-state index is 0.281. The van der Waals surface area contributed by atoms with Crippen molar-refractivity contribution in [1.29, 1.82) is 0 Å². The number of amides is 1. The molecule has 1 amide bonds. The van der Waals surface area contributed by atoms with E-state index in [0.29, 0.717) is 13.0 Å². The van der Waals surface area contributed by atoms with Gasteiger partial charge >= 0.3 is 5.97 Å². The first kappa shape index (κ1) is 12.7. The van der Waals surface area contributed by atoms with Gasteiger partial charge in [0.1, 0.15) is 5.92 Å². The van der Waals surface area contributed by atoms with Crippen LogP contribution < -0.4 is 5.32 Å². The summed E-state index contributed by atoms with van der Waals surface area (Å²) in [7, 11) is 0. The van der Waals surface area contributed by atoms with Crippen molar-refractivity contribution in [3.8, 4) is 0 Å². The Labute approximate surface area is 116 Å². The summed E-state index contributed by atoms with van der Waals surface area (Å²) in [6, 6.07) is 5.93. The first-order valence-corrected chi connectivity index (χ1v) is 6.66. The standard InChI is InChI=1S/C15H16N2O3/c1-8-3-2-4-10-11(7-17-13(8)10)9-5-6-16-14(18)12(9)15(19)20/h2-4,7,9,12,17H,5-6H2,1H3,(H,16,18)(H,19,20)/t9-,12-/m1/s1. The van der Waals surface area contributed by atoms with E-state index in [4.69, 9.17) is 0 Å². The molecule has 1 fully saturated rings. The predicted molar refractivity (Wildman–Crippen MR) is 74.5 cm³/mol. The fraction of sp³-hybridized carbons (Fsp3) is 0.333. The smallest absolute Gasteiger partial charge is 0.316 e. The highest BCUT2D eigenvalue weighted by atomic mass is 16.4. The zero-order valence-electron chi connectivity index (χ0n) is 11.1. The van der Waals surface area contributed by atoms with Crippen LogP contribution in [-0.4, -0.2) is 28.5 Å². The maximum absolute atomic E-state index is 11.8. The fourth-order valence-electron chi connectivity index (χ4n) is 3.06. The zero-order chi connectivity index (χ0) is 14.3. The molecule has 0 bridgehead atoms. The van der Waals surface area contributed by atoms with Gasteiger partial charge in [0.2, 0.25) is 5.91 Å². The Bertz CT molecular complexity index is 689. The lowest BCUT2D eigenvalue weighted by atomic mass is 9.80. The maximum atomic E-state index is 11.8. The lowest BCUT2D eigenvalue weighted by molar-refractivity contribution is -0.149. The SMILES string of the molecule is Cc1cccc2c([C@H]3CCNC(=O)[C@@H]3C(=O)O)c[nH]c12. The third-order valence-corrected chi connectivity index (χ3v) is 4.06. The molecule has 5 nitrogen and oxygen atoms in total. The molecule has 1 saturated heterocycles. The summed E-state index contributed by atoms with van der Waals surface area (Å²) in [6.07, 6.45) is 2.49. The van der Waals surface area contributed by atoms with Gasteiger partial charge in [-0.15, -0.1) is 0 Å². The highest BCUT2D eigenvalue weighted by Crippen LogP contribution is 2.36. The Morgan fingerprint density at radius 2 is 2.20 bits per heavy atom. The number of nitrogens with one attached hydrogen (secondary N) is 2. The summed E-state index contributed by atoms with van der Waals surface area (Å²) in [5.41, 5.74) is 3.05. The van der Waals surface area contributed by atoms with E-state index in [1.165, 1.54) is 0 Å². The number of aromatic amines is 1. The zero-order valence-corrected chi connectivity index (χ0v) is 11.1. The van der Waals surface area contributed by atoms with Crippen molar-refractivity contribution >= 4 is 22.8 Å². The van der Waals surface area contributed by atoms with Gasteiger partial charge in [-0.2, -0.15) is 0 Å². The number of H-pyrrole nitrogens is 1. The van der Waals surface area contributed by atoms with E-state index < -0.39 is 17.8 Å². The number of para-hydroxylation sites is 1. The molecule has 0 unspecified atom stereocenters. The van der Waals surface area contributed by atoms with Gasteiger partial charge < -0.3 is 15.4 Å². The number of aryl methyl sites for hydroxylation is 1. The summed E-state index contributed by atoms with van der Waals surface area (Å²) in [4.78, 5) is 26.4. The van der Waals surface area contributed by atoms with Crippen molar-refractivity contribution in [3.63, 3.8) is 0 Å². The van der Waals surface area contributed by atoms with Crippen LogP contribution in [0.4, 0.5) is 0 Å². The molecule has 2 heterocycles. The number of hydrogen-bond donors (Lipinski definition) is 3. The van der Waals surface area contributed by atoms with E-state index in [9.17, 15) is 14.7 Å². The Balaban J connectivity index is 2.11. The summed E-state index contributed by atoms with van der Waals surface area (Å²) in [6.45, 7) is 2.52. The van der Waals surface area contributed by atoms with Crippen molar-refractivity contribution in [2.45, 2.75) is 19.3 Å². The third-order valence-electron chi connectivity index (χ3n) is 4.06. The third kappa shape index (κ3) is 1.86. The fourth-order valence-corrected chi connectivity index (χ4v) is 3.06. The van der Waals surface area contributed by atoms with Gasteiger partial charge in [0.25, 0.3) is 0 Å². The van der Waals surface area contributed by atoms with Gasteiger partial charge in [0.15, 0.2) is 0 Å². The maximum Gasteiger partial charge on any atom is 0.316 e. The van der Waals surface area contributed by atoms with Crippen molar-refractivity contribution in [2.24, 2.45) is 5.92 Å². The number of carbonyl (C=O) groups excluding carboxylic acids is 1. The molecule has 2 atom stereocenters. The van der Waals surface area contributed by atoms with Crippen LogP contribution in [0.15, 0.2) is 24.4 Å². The van der Waals surface area contributed by atoms with E-state index >= 15 is 0 Å². The predicted octanol–water partition coefficient (Wildman–Crippen LogP) is 1.78. The van der Waals surface area contributed by atoms with Crippen molar-refractivity contribution < 1.29 is 14.7 Å². The van der Waals surface area contributed by atoms with Gasteiger partial charge in [-0.1, -0.05) is 18.2 Å². The molecule has 104 valence electrons. The number of aromatic nitrogens is 1. The molecule has 1 aliphatic rings. The molecule has 5 heteroatoms. The Kier molecular flexibility index (Phi) is 2.97. The average Bonchev–Trinajstić information content (AvgIpc) is 2.83. The van der Waals surface area contributed by atoms with Gasteiger partial charge in [0, 0.05) is 29.6 Å². The highest BCUT2D eigenvalue weighted by molar-refractivity contribution is 5.99. The second-order valence-electron chi connectivity index (χ2n) is 5.24. The molecule has 0 spiro atoms. The lowest BCUT2D eigenvalue weighted by Gasteiger charge is -2.28. The molecule has 1 aromatic heterocycles. The van der Waals surface area contributed by atoms with Crippen LogP contribution in [0.3, 0.4) is 0 Å². The number of hydrogen-bond acceptors (Lipinski definition) is 2. The van der Waals surface area contributed by atoms with Crippen LogP contribution in [0, 0.1) is 12.8 Å². The van der Waals surface area contributed by atoms with Crippen LogP contribution in [0.1, 0.15) is 23.5 Å². The number of carboxylic acid groups (broad SMARTS) is 1. The molecule has 0 aliphatic carbocycles. The summed E-state index contributed by atoms with van der Waals surface area (Å²) >= 11 is 0. The number of fused-ring (bicyclic) bond motifs is 1. The number of benzene rings is 1. The van der Waals surface area contributed by atoms with E-state index in [0.717, 1.165) is 22.0 Å². The molecule has 20 heavy (non-hydrogen) atoms. The van der Waals surface area contributed by atoms with E-state index in [2.05, 4.69) is 10.3 Å². The highest BCUT2D eigenvalue weighted by Gasteiger charge is 2.39. The quantitative estimate of drug-likeness (QED) is 0.729. The molecule has 0 radical (unpaired) electrons. The molecular weight excluding hydrogens is 256 g/mol. The molecule has 3 rings (SSSR count). The molecule has 0 saturated carbocycles. The largest absolute Gasteiger partial charge is 0.481 e. The van der Waals surface area contributed by atoms with Crippen LogP contribution in [-0.2, 0) is 9.59 Å². The van der Waals surface area contributed by atoms with Crippen LogP contribution in [0.25, 0.3) is 10.9 Å². The number of carbonyl (C=O) groups is 2. The van der Waals surface area contributed by atoms with Gasteiger partial charge in [-0.05, 0) is 24.5 Å². The second-order valence-corrected chi connectivity index (χ2v) is 5.24. The summed E-state index contributed by atoms with van der Waals surface area (Å²) in [5, 5.41) is 13.0. The van der Waals surface area contributed by atoms with Crippen LogP contribution in [0.5, 0.6) is 0 Å². The minimum Gasteiger partial charge on any atom is -0.481 e. The van der Waals surface area contributed by atoms with Gasteiger partial charge in [-0.25, -0.2) is 0 Å². The molecule has 3 N–H and O–H groups in total. The first-order chi connectivity index (χ1) is 9.59. The Morgan fingerprint density at radius 3 is 2.95 bits per heavy atom.